The Hall–Kier alpha value is -1.89. The number of amides is 2. The predicted octanol–water partition coefficient (Wildman–Crippen LogP) is 0.474. The van der Waals surface area contributed by atoms with E-state index < -0.39 is 6.04 Å². The zero-order valence-electron chi connectivity index (χ0n) is 12.5. The Morgan fingerprint density at radius 2 is 2.24 bits per heavy atom. The number of nitrogens with one attached hydrogen (secondary N) is 2. The van der Waals surface area contributed by atoms with Crippen molar-refractivity contribution in [3.8, 4) is 0 Å². The van der Waals surface area contributed by atoms with Crippen LogP contribution in [0.2, 0.25) is 0 Å². The molecule has 116 valence electrons. The highest BCUT2D eigenvalue weighted by atomic mass is 16.2. The van der Waals surface area contributed by atoms with Crippen molar-refractivity contribution < 1.29 is 9.59 Å². The molecule has 1 aromatic rings. The molecule has 4 N–H and O–H groups in total. The average Bonchev–Trinajstić information content (AvgIpc) is 3.16. The Kier molecular flexibility index (Phi) is 4.95. The third kappa shape index (κ3) is 4.56. The van der Waals surface area contributed by atoms with Crippen LogP contribution in [-0.2, 0) is 16.1 Å². The molecule has 2 amide bonds. The van der Waals surface area contributed by atoms with Gasteiger partial charge in [0.2, 0.25) is 11.8 Å². The molecule has 0 aromatic carbocycles. The van der Waals surface area contributed by atoms with Crippen LogP contribution in [0.25, 0.3) is 0 Å². The second kappa shape index (κ2) is 6.71. The first kappa shape index (κ1) is 15.5. The van der Waals surface area contributed by atoms with Crippen LogP contribution in [0.3, 0.4) is 0 Å². The zero-order chi connectivity index (χ0) is 15.4. The highest BCUT2D eigenvalue weighted by molar-refractivity contribution is 5.94. The minimum Gasteiger partial charge on any atom is -0.352 e. The molecule has 1 aliphatic rings. The van der Waals surface area contributed by atoms with E-state index in [0.717, 1.165) is 19.3 Å². The molecule has 21 heavy (non-hydrogen) atoms. The molecule has 0 bridgehead atoms. The van der Waals surface area contributed by atoms with Crippen molar-refractivity contribution in [2.24, 2.45) is 11.7 Å². The largest absolute Gasteiger partial charge is 0.352 e. The molecule has 1 fully saturated rings. The van der Waals surface area contributed by atoms with Gasteiger partial charge in [-0.05, 0) is 18.8 Å². The minimum absolute atomic E-state index is 0.0604. The molecule has 1 heterocycles. The van der Waals surface area contributed by atoms with Crippen LogP contribution < -0.4 is 16.4 Å². The van der Waals surface area contributed by atoms with Crippen LogP contribution >= 0.6 is 0 Å². The quantitative estimate of drug-likeness (QED) is 0.680. The van der Waals surface area contributed by atoms with Gasteiger partial charge in [-0.2, -0.15) is 5.10 Å². The maximum atomic E-state index is 11.9. The molecule has 7 nitrogen and oxygen atoms in total. The highest BCUT2D eigenvalue weighted by Crippen LogP contribution is 2.18. The number of aromatic nitrogens is 2. The summed E-state index contributed by atoms with van der Waals surface area (Å²) >= 11 is 0. The van der Waals surface area contributed by atoms with Crippen LogP contribution in [0.15, 0.2) is 12.4 Å². The molecule has 2 rings (SSSR count). The van der Waals surface area contributed by atoms with Gasteiger partial charge in [-0.3, -0.25) is 14.3 Å². The summed E-state index contributed by atoms with van der Waals surface area (Å²) < 4.78 is 1.50. The number of rotatable bonds is 7. The molecular weight excluding hydrogens is 270 g/mol. The van der Waals surface area contributed by atoms with Gasteiger partial charge in [-0.15, -0.1) is 0 Å². The van der Waals surface area contributed by atoms with E-state index in [9.17, 15) is 9.59 Å². The van der Waals surface area contributed by atoms with Gasteiger partial charge in [0.15, 0.2) is 0 Å². The number of hydrogen-bond donors (Lipinski definition) is 3. The summed E-state index contributed by atoms with van der Waals surface area (Å²) in [6, 6.07) is -0.211. The van der Waals surface area contributed by atoms with Crippen LogP contribution in [0.4, 0.5) is 5.69 Å². The van der Waals surface area contributed by atoms with Crippen LogP contribution in [0, 0.1) is 5.92 Å². The van der Waals surface area contributed by atoms with Crippen molar-refractivity contribution >= 4 is 17.5 Å². The Balaban J connectivity index is 1.84. The molecule has 0 radical (unpaired) electrons. The Morgan fingerprint density at radius 1 is 1.52 bits per heavy atom. The maximum absolute atomic E-state index is 11.9. The average molecular weight is 293 g/mol. The number of carbonyl (C=O) groups is 2. The van der Waals surface area contributed by atoms with Gasteiger partial charge >= 0.3 is 0 Å². The molecule has 2 unspecified atom stereocenters. The molecule has 1 aliphatic carbocycles. The first-order valence-corrected chi connectivity index (χ1v) is 7.37. The minimum atomic E-state index is -0.545. The fourth-order valence-corrected chi connectivity index (χ4v) is 1.90. The first-order valence-electron chi connectivity index (χ1n) is 7.37. The molecule has 0 spiro atoms. The van der Waals surface area contributed by atoms with Crippen molar-refractivity contribution in [1.82, 2.24) is 15.1 Å². The van der Waals surface area contributed by atoms with Gasteiger partial charge in [-0.1, -0.05) is 20.3 Å². The van der Waals surface area contributed by atoms with Crippen LogP contribution in [-0.4, -0.2) is 33.7 Å². The smallest absolute Gasteiger partial charge is 0.241 e. The summed E-state index contributed by atoms with van der Waals surface area (Å²) in [4.78, 5) is 23.6. The lowest BCUT2D eigenvalue weighted by Crippen LogP contribution is -2.40. The van der Waals surface area contributed by atoms with E-state index in [0.29, 0.717) is 11.7 Å². The van der Waals surface area contributed by atoms with Crippen molar-refractivity contribution in [3.05, 3.63) is 12.4 Å². The fraction of sp³-hybridized carbons (Fsp3) is 0.643. The van der Waals surface area contributed by atoms with Gasteiger partial charge in [0, 0.05) is 12.2 Å². The Bertz CT molecular complexity index is 509. The highest BCUT2D eigenvalue weighted by Gasteiger charge is 2.23. The summed E-state index contributed by atoms with van der Waals surface area (Å²) in [7, 11) is 0. The van der Waals surface area contributed by atoms with E-state index in [1.807, 2.05) is 13.8 Å². The zero-order valence-corrected chi connectivity index (χ0v) is 12.5. The summed E-state index contributed by atoms with van der Waals surface area (Å²) in [6.45, 7) is 4.09. The molecule has 0 saturated heterocycles. The van der Waals surface area contributed by atoms with Gasteiger partial charge in [0.1, 0.15) is 6.54 Å². The van der Waals surface area contributed by atoms with E-state index in [1.165, 1.54) is 10.9 Å². The van der Waals surface area contributed by atoms with Crippen LogP contribution in [0.5, 0.6) is 0 Å². The van der Waals surface area contributed by atoms with Crippen molar-refractivity contribution in [2.75, 3.05) is 5.32 Å². The van der Waals surface area contributed by atoms with Crippen LogP contribution in [0.1, 0.15) is 33.1 Å². The topological polar surface area (TPSA) is 102 Å². The molecular formula is C14H23N5O2. The molecule has 1 saturated carbocycles. The molecule has 2 atom stereocenters. The van der Waals surface area contributed by atoms with E-state index in [1.54, 1.807) is 6.20 Å². The van der Waals surface area contributed by atoms with Crippen molar-refractivity contribution in [3.63, 3.8) is 0 Å². The van der Waals surface area contributed by atoms with Gasteiger partial charge in [-0.25, -0.2) is 0 Å². The van der Waals surface area contributed by atoms with E-state index in [2.05, 4.69) is 15.7 Å². The van der Waals surface area contributed by atoms with Crippen molar-refractivity contribution in [2.45, 2.75) is 51.7 Å². The number of hydrogen-bond acceptors (Lipinski definition) is 4. The number of anilines is 1. The fourth-order valence-electron chi connectivity index (χ4n) is 1.90. The second-order valence-corrected chi connectivity index (χ2v) is 5.67. The monoisotopic (exact) mass is 293 g/mol. The molecule has 1 aromatic heterocycles. The summed E-state index contributed by atoms with van der Waals surface area (Å²) in [5, 5.41) is 9.67. The third-order valence-corrected chi connectivity index (χ3v) is 3.71. The lowest BCUT2D eigenvalue weighted by molar-refractivity contribution is -0.122. The van der Waals surface area contributed by atoms with Gasteiger partial charge in [0.05, 0.1) is 17.9 Å². The first-order chi connectivity index (χ1) is 9.99. The summed E-state index contributed by atoms with van der Waals surface area (Å²) in [5.74, 6) is -0.175. The van der Waals surface area contributed by atoms with Gasteiger partial charge < -0.3 is 16.4 Å². The SMILES string of the molecule is CCC(C)C(N)C(=O)Nc1cnn(CC(=O)NC2CC2)c1. The number of nitrogens with two attached hydrogens (primary N) is 1. The Labute approximate surface area is 124 Å². The third-order valence-electron chi connectivity index (χ3n) is 3.71. The lowest BCUT2D eigenvalue weighted by Gasteiger charge is -2.16. The molecule has 0 aliphatic heterocycles. The second-order valence-electron chi connectivity index (χ2n) is 5.67. The summed E-state index contributed by atoms with van der Waals surface area (Å²) in [5.41, 5.74) is 6.42. The maximum Gasteiger partial charge on any atom is 0.241 e. The number of carbonyl (C=O) groups excluding carboxylic acids is 2. The van der Waals surface area contributed by atoms with E-state index in [-0.39, 0.29) is 24.3 Å². The van der Waals surface area contributed by atoms with Gasteiger partial charge in [0.25, 0.3) is 0 Å². The van der Waals surface area contributed by atoms with E-state index in [4.69, 9.17) is 5.73 Å². The van der Waals surface area contributed by atoms with Crippen molar-refractivity contribution in [1.29, 1.82) is 0 Å². The standard InChI is InChI=1S/C14H23N5O2/c1-3-9(2)13(15)14(21)18-11-6-16-19(7-11)8-12(20)17-10-4-5-10/h6-7,9-10,13H,3-5,8,15H2,1-2H3,(H,17,20)(H,18,21). The predicted molar refractivity (Wildman–Crippen MR) is 79.5 cm³/mol. The summed E-state index contributed by atoms with van der Waals surface area (Å²) in [6.07, 6.45) is 6.11. The Morgan fingerprint density at radius 3 is 2.86 bits per heavy atom. The molecule has 7 heteroatoms. The van der Waals surface area contributed by atoms with E-state index >= 15 is 0 Å². The lowest BCUT2D eigenvalue weighted by atomic mass is 9.99. The normalized spacial score (nSPS) is 17.1. The number of nitrogens with zero attached hydrogens (tertiary/aromatic N) is 2.